The van der Waals surface area contributed by atoms with E-state index in [-0.39, 0.29) is 0 Å². The van der Waals surface area contributed by atoms with Gasteiger partial charge < -0.3 is 5.11 Å². The van der Waals surface area contributed by atoms with Crippen molar-refractivity contribution in [2.24, 2.45) is 23.2 Å². The number of aliphatic hydroxyl groups excluding tert-OH is 1. The van der Waals surface area contributed by atoms with Gasteiger partial charge in [0.15, 0.2) is 0 Å². The Morgan fingerprint density at radius 2 is 2.25 bits per heavy atom. The van der Waals surface area contributed by atoms with Crippen LogP contribution in [0, 0.1) is 23.2 Å². The summed E-state index contributed by atoms with van der Waals surface area (Å²) in [6.07, 6.45) is 3.59. The van der Waals surface area contributed by atoms with Crippen molar-refractivity contribution in [3.63, 3.8) is 0 Å². The Balaban J connectivity index is 2.29. The zero-order valence-electron chi connectivity index (χ0n) is 8.17. The summed E-state index contributed by atoms with van der Waals surface area (Å²) in [7, 11) is 0. The minimum atomic E-state index is 0.332. The first-order valence-corrected chi connectivity index (χ1v) is 4.86. The molecule has 1 heteroatoms. The predicted octanol–water partition coefficient (Wildman–Crippen LogP) is 2.22. The summed E-state index contributed by atoms with van der Waals surface area (Å²) in [6.45, 7) is 7.22. The molecule has 68 valence electrons. The fourth-order valence-corrected chi connectivity index (χ4v) is 3.21. The van der Waals surface area contributed by atoms with Crippen LogP contribution in [0.2, 0.25) is 0 Å². The van der Waals surface area contributed by atoms with Gasteiger partial charge in [0.2, 0.25) is 0 Å². The maximum Gasteiger partial charge on any atom is 0.0496 e. The van der Waals surface area contributed by atoms with Crippen molar-refractivity contribution in [3.8, 4) is 0 Å². The molecule has 0 aliphatic heterocycles. The van der Waals surface area contributed by atoms with Crippen molar-refractivity contribution in [1.29, 1.82) is 0 Å². The zero-order valence-corrected chi connectivity index (χ0v) is 8.17. The number of hydrogen-bond donors (Lipinski definition) is 1. The quantitative estimate of drug-likeness (QED) is 0.592. The van der Waals surface area contributed by atoms with E-state index >= 15 is 0 Å². The third-order valence-corrected chi connectivity index (χ3v) is 4.10. The van der Waals surface area contributed by atoms with Gasteiger partial charge in [-0.25, -0.2) is 0 Å². The molecular formula is C11H18O. The molecule has 2 bridgehead atoms. The van der Waals surface area contributed by atoms with Gasteiger partial charge in [0.1, 0.15) is 0 Å². The van der Waals surface area contributed by atoms with Gasteiger partial charge in [-0.2, -0.15) is 0 Å². The molecule has 12 heavy (non-hydrogen) atoms. The molecule has 3 aliphatic rings. The maximum atomic E-state index is 9.19. The molecule has 1 N–H and O–H groups in total. The van der Waals surface area contributed by atoms with Crippen molar-refractivity contribution in [2.75, 3.05) is 6.61 Å². The molecule has 0 aromatic rings. The average molecular weight is 166 g/mol. The van der Waals surface area contributed by atoms with Crippen LogP contribution >= 0.6 is 0 Å². The molecule has 0 aromatic heterocycles. The molecule has 0 saturated heterocycles. The van der Waals surface area contributed by atoms with Crippen LogP contribution in [-0.4, -0.2) is 11.7 Å². The topological polar surface area (TPSA) is 20.2 Å². The largest absolute Gasteiger partial charge is 0.396 e. The van der Waals surface area contributed by atoms with Crippen LogP contribution in [0.3, 0.4) is 0 Å². The van der Waals surface area contributed by atoms with E-state index in [0.29, 0.717) is 17.9 Å². The summed E-state index contributed by atoms with van der Waals surface area (Å²) in [5.74, 6) is 1.96. The van der Waals surface area contributed by atoms with Gasteiger partial charge in [-0.1, -0.05) is 25.5 Å². The number of hydrogen-bond acceptors (Lipinski definition) is 1. The first kappa shape index (κ1) is 8.31. The van der Waals surface area contributed by atoms with Crippen LogP contribution in [0.15, 0.2) is 11.6 Å². The van der Waals surface area contributed by atoms with E-state index in [1.54, 1.807) is 0 Å². The van der Waals surface area contributed by atoms with E-state index < -0.39 is 0 Å². The highest BCUT2D eigenvalue weighted by Gasteiger charge is 2.53. The smallest absolute Gasteiger partial charge is 0.0496 e. The Kier molecular flexibility index (Phi) is 1.63. The van der Waals surface area contributed by atoms with Gasteiger partial charge in [0.25, 0.3) is 0 Å². The second-order valence-electron chi connectivity index (χ2n) is 4.97. The number of allylic oxidation sites excluding steroid dienone is 1. The lowest BCUT2D eigenvalue weighted by Crippen LogP contribution is -2.52. The SMILES string of the molecule is CC1=C[C@@H](CO)[C@@H]2C[C@H]1C2(C)C. The standard InChI is InChI=1S/C11H18O/c1-7-4-8(6-12)10-5-9(7)11(10,2)3/h4,8-10,12H,5-6H2,1-3H3/t8-,9+,10-/m0/s1. The molecule has 3 rings (SSSR count). The van der Waals surface area contributed by atoms with E-state index in [9.17, 15) is 5.11 Å². The molecule has 0 aromatic carbocycles. The highest BCUT2D eigenvalue weighted by Crippen LogP contribution is 2.60. The highest BCUT2D eigenvalue weighted by molar-refractivity contribution is 5.24. The Morgan fingerprint density at radius 3 is 2.67 bits per heavy atom. The number of rotatable bonds is 1. The lowest BCUT2D eigenvalue weighted by molar-refractivity contribution is -0.0524. The normalized spacial score (nSPS) is 43.3. The summed E-state index contributed by atoms with van der Waals surface area (Å²) < 4.78 is 0. The van der Waals surface area contributed by atoms with Gasteiger partial charge in [-0.3, -0.25) is 0 Å². The lowest BCUT2D eigenvalue weighted by atomic mass is 9.46. The van der Waals surface area contributed by atoms with Crippen molar-refractivity contribution in [3.05, 3.63) is 11.6 Å². The van der Waals surface area contributed by atoms with Crippen LogP contribution < -0.4 is 0 Å². The molecule has 0 unspecified atom stereocenters. The van der Waals surface area contributed by atoms with Crippen LogP contribution in [0.4, 0.5) is 0 Å². The van der Waals surface area contributed by atoms with E-state index in [2.05, 4.69) is 26.8 Å². The average Bonchev–Trinajstić information content (AvgIpc) is 2.02. The Bertz CT molecular complexity index is 227. The van der Waals surface area contributed by atoms with Gasteiger partial charge in [-0.15, -0.1) is 0 Å². The summed E-state index contributed by atoms with van der Waals surface area (Å²) >= 11 is 0. The summed E-state index contributed by atoms with van der Waals surface area (Å²) in [6, 6.07) is 0. The Morgan fingerprint density at radius 1 is 1.58 bits per heavy atom. The number of aliphatic hydroxyl groups is 1. The fraction of sp³-hybridized carbons (Fsp3) is 0.818. The lowest BCUT2D eigenvalue weighted by Gasteiger charge is -2.58. The fourth-order valence-electron chi connectivity index (χ4n) is 3.21. The molecule has 1 fully saturated rings. The van der Waals surface area contributed by atoms with Gasteiger partial charge >= 0.3 is 0 Å². The van der Waals surface area contributed by atoms with Crippen LogP contribution in [0.1, 0.15) is 27.2 Å². The molecule has 0 amide bonds. The van der Waals surface area contributed by atoms with Crippen LogP contribution in [-0.2, 0) is 0 Å². The van der Waals surface area contributed by atoms with E-state index in [1.165, 1.54) is 12.0 Å². The van der Waals surface area contributed by atoms with Crippen LogP contribution in [0.25, 0.3) is 0 Å². The summed E-state index contributed by atoms with van der Waals surface area (Å²) in [5, 5.41) is 9.19. The van der Waals surface area contributed by atoms with Crippen molar-refractivity contribution < 1.29 is 5.11 Å². The molecule has 3 aliphatic carbocycles. The first-order chi connectivity index (χ1) is 5.57. The minimum Gasteiger partial charge on any atom is -0.396 e. The maximum absolute atomic E-state index is 9.19. The van der Waals surface area contributed by atoms with E-state index in [0.717, 1.165) is 11.8 Å². The molecule has 0 heterocycles. The van der Waals surface area contributed by atoms with Crippen molar-refractivity contribution in [2.45, 2.75) is 27.2 Å². The van der Waals surface area contributed by atoms with Gasteiger partial charge in [-0.05, 0) is 30.6 Å². The van der Waals surface area contributed by atoms with Gasteiger partial charge in [0, 0.05) is 12.5 Å². The van der Waals surface area contributed by atoms with E-state index in [4.69, 9.17) is 0 Å². The second kappa shape index (κ2) is 2.35. The summed E-state index contributed by atoms with van der Waals surface area (Å²) in [5.41, 5.74) is 1.95. The van der Waals surface area contributed by atoms with Gasteiger partial charge in [0.05, 0.1) is 0 Å². The van der Waals surface area contributed by atoms with Crippen molar-refractivity contribution in [1.82, 2.24) is 0 Å². The predicted molar refractivity (Wildman–Crippen MR) is 49.7 cm³/mol. The molecule has 0 radical (unpaired) electrons. The Labute approximate surface area is 74.5 Å². The molecule has 1 saturated carbocycles. The molecule has 1 nitrogen and oxygen atoms in total. The molecule has 0 spiro atoms. The van der Waals surface area contributed by atoms with E-state index in [1.807, 2.05) is 0 Å². The third-order valence-electron chi connectivity index (χ3n) is 4.10. The van der Waals surface area contributed by atoms with Crippen molar-refractivity contribution >= 4 is 0 Å². The third kappa shape index (κ3) is 0.832. The molecular weight excluding hydrogens is 148 g/mol. The minimum absolute atomic E-state index is 0.332. The molecule has 3 atom stereocenters. The highest BCUT2D eigenvalue weighted by atomic mass is 16.3. The second-order valence-corrected chi connectivity index (χ2v) is 4.97. The monoisotopic (exact) mass is 166 g/mol. The Hall–Kier alpha value is -0.300. The number of fused-ring (bicyclic) bond motifs is 1. The first-order valence-electron chi connectivity index (χ1n) is 4.86. The zero-order chi connectivity index (χ0) is 8.93. The van der Waals surface area contributed by atoms with Crippen LogP contribution in [0.5, 0.6) is 0 Å². The summed E-state index contributed by atoms with van der Waals surface area (Å²) in [4.78, 5) is 0.